The van der Waals surface area contributed by atoms with Crippen molar-refractivity contribution in [2.75, 3.05) is 26.2 Å². The van der Waals surface area contributed by atoms with Gasteiger partial charge in [-0.1, -0.05) is 0 Å². The molecule has 0 spiro atoms. The van der Waals surface area contributed by atoms with Crippen LogP contribution in [0.2, 0.25) is 0 Å². The zero-order valence-electron chi connectivity index (χ0n) is 11.0. The van der Waals surface area contributed by atoms with Crippen molar-refractivity contribution in [1.82, 2.24) is 4.90 Å². The van der Waals surface area contributed by atoms with Gasteiger partial charge in [0.25, 0.3) is 0 Å². The molecule has 96 valence electrons. The molecule has 0 aromatic carbocycles. The minimum atomic E-state index is -0.467. The van der Waals surface area contributed by atoms with Crippen LogP contribution in [0.4, 0.5) is 0 Å². The molecule has 1 aliphatic rings. The lowest BCUT2D eigenvalue weighted by molar-refractivity contribution is -0.129. The summed E-state index contributed by atoms with van der Waals surface area (Å²) >= 11 is 0. The Bertz CT molecular complexity index is 229. The highest BCUT2D eigenvalue weighted by atomic mass is 16.5. The second-order valence-corrected chi connectivity index (χ2v) is 5.99. The fourth-order valence-electron chi connectivity index (χ4n) is 2.25. The Morgan fingerprint density at radius 3 is 2.69 bits per heavy atom. The number of aliphatic hydroxyl groups is 1. The molecule has 1 fully saturated rings. The third kappa shape index (κ3) is 4.37. The Balaban J connectivity index is 2.43. The van der Waals surface area contributed by atoms with Crippen molar-refractivity contribution in [2.45, 2.75) is 51.4 Å². The summed E-state index contributed by atoms with van der Waals surface area (Å²) in [4.78, 5) is 2.37. The molecule has 0 bridgehead atoms. The highest BCUT2D eigenvalue weighted by Crippen LogP contribution is 2.21. The summed E-state index contributed by atoms with van der Waals surface area (Å²) in [5, 5.41) is 9.11. The summed E-state index contributed by atoms with van der Waals surface area (Å²) in [5.74, 6) is 0. The summed E-state index contributed by atoms with van der Waals surface area (Å²) < 4.78 is 5.84. The van der Waals surface area contributed by atoms with E-state index in [0.717, 1.165) is 26.1 Å². The third-order valence-corrected chi connectivity index (χ3v) is 3.00. The lowest BCUT2D eigenvalue weighted by Crippen LogP contribution is -2.53. The SMILES string of the molecule is CC1CN(CCC(C)(N)CO)CC(C)(C)O1. The second-order valence-electron chi connectivity index (χ2n) is 5.99. The topological polar surface area (TPSA) is 58.7 Å². The van der Waals surface area contributed by atoms with Gasteiger partial charge in [-0.15, -0.1) is 0 Å². The molecular weight excluding hydrogens is 204 g/mol. The van der Waals surface area contributed by atoms with Gasteiger partial charge in [-0.25, -0.2) is 0 Å². The Morgan fingerprint density at radius 1 is 1.56 bits per heavy atom. The van der Waals surface area contributed by atoms with Gasteiger partial charge in [0.2, 0.25) is 0 Å². The van der Waals surface area contributed by atoms with Gasteiger partial charge in [-0.3, -0.25) is 4.90 Å². The van der Waals surface area contributed by atoms with E-state index >= 15 is 0 Å². The van der Waals surface area contributed by atoms with Crippen LogP contribution in [0.15, 0.2) is 0 Å². The van der Waals surface area contributed by atoms with E-state index in [2.05, 4.69) is 25.7 Å². The summed E-state index contributed by atoms with van der Waals surface area (Å²) in [5.41, 5.74) is 5.38. The Kier molecular flexibility index (Phi) is 4.35. The van der Waals surface area contributed by atoms with Crippen molar-refractivity contribution < 1.29 is 9.84 Å². The van der Waals surface area contributed by atoms with Crippen LogP contribution in [0.25, 0.3) is 0 Å². The zero-order valence-corrected chi connectivity index (χ0v) is 11.0. The van der Waals surface area contributed by atoms with Gasteiger partial charge in [0.1, 0.15) is 0 Å². The molecule has 2 atom stereocenters. The number of rotatable bonds is 4. The van der Waals surface area contributed by atoms with Crippen molar-refractivity contribution >= 4 is 0 Å². The molecule has 4 nitrogen and oxygen atoms in total. The molecule has 0 amide bonds. The smallest absolute Gasteiger partial charge is 0.0757 e. The van der Waals surface area contributed by atoms with Crippen LogP contribution in [0.3, 0.4) is 0 Å². The zero-order chi connectivity index (χ0) is 12.4. The van der Waals surface area contributed by atoms with E-state index in [1.165, 1.54) is 0 Å². The molecule has 16 heavy (non-hydrogen) atoms. The first kappa shape index (κ1) is 13.9. The lowest BCUT2D eigenvalue weighted by Gasteiger charge is -2.42. The van der Waals surface area contributed by atoms with Gasteiger partial charge >= 0.3 is 0 Å². The number of ether oxygens (including phenoxy) is 1. The van der Waals surface area contributed by atoms with E-state index in [1.54, 1.807) is 0 Å². The van der Waals surface area contributed by atoms with Crippen molar-refractivity contribution in [3.63, 3.8) is 0 Å². The largest absolute Gasteiger partial charge is 0.394 e. The van der Waals surface area contributed by atoms with Crippen LogP contribution < -0.4 is 5.73 Å². The fraction of sp³-hybridized carbons (Fsp3) is 1.00. The lowest BCUT2D eigenvalue weighted by atomic mass is 9.99. The molecule has 4 heteroatoms. The number of hydrogen-bond acceptors (Lipinski definition) is 4. The van der Waals surface area contributed by atoms with Gasteiger partial charge in [0.05, 0.1) is 18.3 Å². The molecule has 1 rings (SSSR count). The Morgan fingerprint density at radius 2 is 2.19 bits per heavy atom. The van der Waals surface area contributed by atoms with Crippen molar-refractivity contribution in [3.05, 3.63) is 0 Å². The van der Waals surface area contributed by atoms with Crippen molar-refractivity contribution in [2.24, 2.45) is 5.73 Å². The standard InChI is InChI=1S/C12H26N2O2/c1-10-7-14(8-11(2,3)16-10)6-5-12(4,13)9-15/h10,15H,5-9,13H2,1-4H3. The molecule has 0 aliphatic carbocycles. The van der Waals surface area contributed by atoms with Crippen molar-refractivity contribution in [1.29, 1.82) is 0 Å². The summed E-state index contributed by atoms with van der Waals surface area (Å²) in [7, 11) is 0. The fourth-order valence-corrected chi connectivity index (χ4v) is 2.25. The van der Waals surface area contributed by atoms with Gasteiger partial charge in [0.15, 0.2) is 0 Å². The van der Waals surface area contributed by atoms with Gasteiger partial charge < -0.3 is 15.6 Å². The van der Waals surface area contributed by atoms with E-state index in [4.69, 9.17) is 15.6 Å². The maximum atomic E-state index is 9.11. The molecule has 1 saturated heterocycles. The normalized spacial score (nSPS) is 30.0. The minimum Gasteiger partial charge on any atom is -0.394 e. The first-order chi connectivity index (χ1) is 7.24. The van der Waals surface area contributed by atoms with E-state index < -0.39 is 5.54 Å². The highest BCUT2D eigenvalue weighted by molar-refractivity contribution is 4.85. The van der Waals surface area contributed by atoms with E-state index in [1.807, 2.05) is 6.92 Å². The van der Waals surface area contributed by atoms with Crippen LogP contribution in [-0.4, -0.2) is 53.5 Å². The summed E-state index contributed by atoms with van der Waals surface area (Å²) in [6.45, 7) is 11.1. The Labute approximate surface area is 98.8 Å². The predicted molar refractivity (Wildman–Crippen MR) is 65.4 cm³/mol. The second kappa shape index (κ2) is 5.00. The molecule has 0 aromatic heterocycles. The summed E-state index contributed by atoms with van der Waals surface area (Å²) in [6.07, 6.45) is 1.08. The van der Waals surface area contributed by atoms with E-state index in [9.17, 15) is 0 Å². The number of nitrogens with two attached hydrogens (primary N) is 1. The molecule has 0 radical (unpaired) electrons. The van der Waals surface area contributed by atoms with Crippen LogP contribution in [0.1, 0.15) is 34.1 Å². The average molecular weight is 230 g/mol. The Hall–Kier alpha value is -0.160. The van der Waals surface area contributed by atoms with E-state index in [-0.39, 0.29) is 18.3 Å². The molecule has 0 saturated carbocycles. The van der Waals surface area contributed by atoms with Gasteiger partial charge in [-0.05, 0) is 34.1 Å². The van der Waals surface area contributed by atoms with Crippen LogP contribution >= 0.6 is 0 Å². The first-order valence-corrected chi connectivity index (χ1v) is 6.04. The maximum absolute atomic E-state index is 9.11. The summed E-state index contributed by atoms with van der Waals surface area (Å²) in [6, 6.07) is 0. The molecule has 0 aromatic rings. The van der Waals surface area contributed by atoms with Crippen molar-refractivity contribution in [3.8, 4) is 0 Å². The predicted octanol–water partition coefficient (Wildman–Crippen LogP) is 0.586. The third-order valence-electron chi connectivity index (χ3n) is 3.00. The number of morpholine rings is 1. The van der Waals surface area contributed by atoms with Gasteiger partial charge in [0, 0.05) is 25.2 Å². The first-order valence-electron chi connectivity index (χ1n) is 6.04. The van der Waals surface area contributed by atoms with Crippen LogP contribution in [0, 0.1) is 0 Å². The average Bonchev–Trinajstić information content (AvgIpc) is 2.12. The maximum Gasteiger partial charge on any atom is 0.0757 e. The molecule has 2 unspecified atom stereocenters. The van der Waals surface area contributed by atoms with Gasteiger partial charge in [-0.2, -0.15) is 0 Å². The van der Waals surface area contributed by atoms with E-state index in [0.29, 0.717) is 0 Å². The van der Waals surface area contributed by atoms with Crippen LogP contribution in [-0.2, 0) is 4.74 Å². The molecule has 1 heterocycles. The highest BCUT2D eigenvalue weighted by Gasteiger charge is 2.31. The minimum absolute atomic E-state index is 0.0380. The molecule has 1 aliphatic heterocycles. The number of aliphatic hydroxyl groups excluding tert-OH is 1. The monoisotopic (exact) mass is 230 g/mol. The molecular formula is C12H26N2O2. The molecule has 3 N–H and O–H groups in total. The van der Waals surface area contributed by atoms with Crippen LogP contribution in [0.5, 0.6) is 0 Å². The number of hydrogen-bond donors (Lipinski definition) is 2. The number of nitrogens with zero attached hydrogens (tertiary/aromatic N) is 1. The quantitative estimate of drug-likeness (QED) is 0.742.